The Morgan fingerprint density at radius 1 is 1.50 bits per heavy atom. The number of rotatable bonds is 4. The first-order valence-electron chi connectivity index (χ1n) is 4.87. The molecule has 2 amide bonds. The molecule has 0 spiro atoms. The first-order valence-corrected chi connectivity index (χ1v) is 4.87. The lowest BCUT2D eigenvalue weighted by Gasteiger charge is -2.08. The van der Waals surface area contributed by atoms with Gasteiger partial charge in [-0.25, -0.2) is 4.79 Å². The fraction of sp³-hybridized carbons (Fsp3) is 0.250. The minimum Gasteiger partial charge on any atom is -0.383 e. The number of carbonyl (C=O) groups excluding carboxylic acids is 1. The monoisotopic (exact) mass is 218 g/mol. The second kappa shape index (κ2) is 6.49. The summed E-state index contributed by atoms with van der Waals surface area (Å²) >= 11 is 0. The molecule has 0 fully saturated rings. The number of carbonyl (C=O) groups is 1. The Morgan fingerprint density at radius 2 is 2.25 bits per heavy atom. The van der Waals surface area contributed by atoms with Crippen molar-refractivity contribution < 1.29 is 9.53 Å². The quantitative estimate of drug-likeness (QED) is 0.593. The third-order valence-corrected chi connectivity index (χ3v) is 1.92. The standard InChI is InChI=1S/C12H14N2O2/c1-3-10-6-4-5-7-11(10)14-12(15)13-8-9-16-2/h1,4-7H,8-9H2,2H3,(H2,13,14,15). The van der Waals surface area contributed by atoms with Crippen LogP contribution in [0.3, 0.4) is 0 Å². The second-order valence-corrected chi connectivity index (χ2v) is 3.06. The zero-order valence-corrected chi connectivity index (χ0v) is 9.12. The van der Waals surface area contributed by atoms with Gasteiger partial charge in [0.2, 0.25) is 0 Å². The highest BCUT2D eigenvalue weighted by Crippen LogP contribution is 2.12. The number of methoxy groups -OCH3 is 1. The summed E-state index contributed by atoms with van der Waals surface area (Å²) in [6, 6.07) is 6.87. The van der Waals surface area contributed by atoms with Crippen LogP contribution < -0.4 is 10.6 Å². The summed E-state index contributed by atoms with van der Waals surface area (Å²) < 4.78 is 4.81. The number of ether oxygens (including phenoxy) is 1. The Labute approximate surface area is 95.0 Å². The third-order valence-electron chi connectivity index (χ3n) is 1.92. The van der Waals surface area contributed by atoms with Gasteiger partial charge < -0.3 is 15.4 Å². The number of terminal acetylenes is 1. The Kier molecular flexibility index (Phi) is 4.90. The first kappa shape index (κ1) is 12.1. The van der Waals surface area contributed by atoms with Gasteiger partial charge in [-0.15, -0.1) is 6.42 Å². The summed E-state index contributed by atoms with van der Waals surface area (Å²) in [5.74, 6) is 2.50. The molecule has 0 heterocycles. The topological polar surface area (TPSA) is 50.4 Å². The largest absolute Gasteiger partial charge is 0.383 e. The van der Waals surface area contributed by atoms with Gasteiger partial charge >= 0.3 is 6.03 Å². The normalized spacial score (nSPS) is 9.25. The molecule has 0 saturated heterocycles. The van der Waals surface area contributed by atoms with Gasteiger partial charge in [-0.05, 0) is 12.1 Å². The molecule has 1 rings (SSSR count). The molecule has 0 bridgehead atoms. The molecule has 84 valence electrons. The first-order chi connectivity index (χ1) is 7.77. The predicted molar refractivity (Wildman–Crippen MR) is 63.3 cm³/mol. The zero-order chi connectivity index (χ0) is 11.8. The van der Waals surface area contributed by atoms with Crippen LogP contribution in [-0.4, -0.2) is 26.3 Å². The van der Waals surface area contributed by atoms with Gasteiger partial charge in [0, 0.05) is 19.2 Å². The van der Waals surface area contributed by atoms with Crippen molar-refractivity contribution in [2.45, 2.75) is 0 Å². The average Bonchev–Trinajstić information content (AvgIpc) is 2.30. The van der Waals surface area contributed by atoms with Crippen LogP contribution in [0.1, 0.15) is 5.56 Å². The van der Waals surface area contributed by atoms with E-state index in [1.165, 1.54) is 0 Å². The minimum atomic E-state index is -0.292. The van der Waals surface area contributed by atoms with Crippen molar-refractivity contribution in [2.75, 3.05) is 25.6 Å². The lowest BCUT2D eigenvalue weighted by atomic mass is 10.2. The van der Waals surface area contributed by atoms with Gasteiger partial charge in [0.15, 0.2) is 0 Å². The number of urea groups is 1. The Balaban J connectivity index is 2.53. The molecule has 1 aromatic carbocycles. The molecule has 4 heteroatoms. The summed E-state index contributed by atoms with van der Waals surface area (Å²) in [5, 5.41) is 5.31. The Bertz CT molecular complexity index is 396. The number of amides is 2. The molecule has 4 nitrogen and oxygen atoms in total. The van der Waals surface area contributed by atoms with Crippen LogP contribution in [-0.2, 0) is 4.74 Å². The van der Waals surface area contributed by atoms with E-state index in [2.05, 4.69) is 16.6 Å². The molecule has 0 aromatic heterocycles. The number of hydrogen-bond acceptors (Lipinski definition) is 2. The van der Waals surface area contributed by atoms with Gasteiger partial charge in [0.05, 0.1) is 12.3 Å². The Morgan fingerprint density at radius 3 is 2.94 bits per heavy atom. The second-order valence-electron chi connectivity index (χ2n) is 3.06. The van der Waals surface area contributed by atoms with E-state index >= 15 is 0 Å². The van der Waals surface area contributed by atoms with Crippen LogP contribution >= 0.6 is 0 Å². The number of hydrogen-bond donors (Lipinski definition) is 2. The minimum absolute atomic E-state index is 0.292. The summed E-state index contributed by atoms with van der Waals surface area (Å²) in [6.07, 6.45) is 5.31. The van der Waals surface area contributed by atoms with E-state index in [4.69, 9.17) is 11.2 Å². The fourth-order valence-electron chi connectivity index (χ4n) is 1.15. The third kappa shape index (κ3) is 3.64. The highest BCUT2D eigenvalue weighted by Gasteiger charge is 2.03. The van der Waals surface area contributed by atoms with E-state index in [0.717, 1.165) is 0 Å². The highest BCUT2D eigenvalue weighted by atomic mass is 16.5. The molecule has 0 aliphatic heterocycles. The molecule has 2 N–H and O–H groups in total. The van der Waals surface area contributed by atoms with Crippen molar-refractivity contribution >= 4 is 11.7 Å². The van der Waals surface area contributed by atoms with Crippen molar-refractivity contribution in [3.05, 3.63) is 29.8 Å². The summed E-state index contributed by atoms with van der Waals surface area (Å²) in [5.41, 5.74) is 1.28. The van der Waals surface area contributed by atoms with Crippen molar-refractivity contribution in [3.63, 3.8) is 0 Å². The molecule has 0 atom stereocenters. The van der Waals surface area contributed by atoms with Crippen LogP contribution in [0.5, 0.6) is 0 Å². The molecule has 0 radical (unpaired) electrons. The zero-order valence-electron chi connectivity index (χ0n) is 9.12. The molecule has 0 aliphatic carbocycles. The predicted octanol–water partition coefficient (Wildman–Crippen LogP) is 1.44. The summed E-state index contributed by atoms with van der Waals surface area (Å²) in [4.78, 5) is 11.4. The van der Waals surface area contributed by atoms with Crippen LogP contribution in [0.4, 0.5) is 10.5 Å². The molecular formula is C12H14N2O2. The molecule has 1 aromatic rings. The highest BCUT2D eigenvalue weighted by molar-refractivity contribution is 5.90. The van der Waals surface area contributed by atoms with E-state index in [9.17, 15) is 4.79 Å². The lowest BCUT2D eigenvalue weighted by Crippen LogP contribution is -2.31. The number of nitrogens with one attached hydrogen (secondary N) is 2. The van der Waals surface area contributed by atoms with Gasteiger partial charge in [-0.1, -0.05) is 18.1 Å². The number of anilines is 1. The Hall–Kier alpha value is -1.99. The van der Waals surface area contributed by atoms with Gasteiger partial charge in [0.1, 0.15) is 0 Å². The summed E-state index contributed by atoms with van der Waals surface area (Å²) in [7, 11) is 1.58. The lowest BCUT2D eigenvalue weighted by molar-refractivity contribution is 0.198. The molecule has 0 unspecified atom stereocenters. The molecule has 16 heavy (non-hydrogen) atoms. The van der Waals surface area contributed by atoms with Crippen LogP contribution in [0, 0.1) is 12.3 Å². The van der Waals surface area contributed by atoms with Crippen molar-refractivity contribution in [1.29, 1.82) is 0 Å². The van der Waals surface area contributed by atoms with E-state index < -0.39 is 0 Å². The SMILES string of the molecule is C#Cc1ccccc1NC(=O)NCCOC. The van der Waals surface area contributed by atoms with E-state index in [1.807, 2.05) is 12.1 Å². The van der Waals surface area contributed by atoms with Gasteiger partial charge in [-0.3, -0.25) is 0 Å². The van der Waals surface area contributed by atoms with E-state index in [1.54, 1.807) is 19.2 Å². The molecule has 0 saturated carbocycles. The van der Waals surface area contributed by atoms with Crippen LogP contribution in [0.2, 0.25) is 0 Å². The van der Waals surface area contributed by atoms with Gasteiger partial charge in [-0.2, -0.15) is 0 Å². The van der Waals surface area contributed by atoms with E-state index in [-0.39, 0.29) is 6.03 Å². The van der Waals surface area contributed by atoms with Crippen molar-refractivity contribution in [1.82, 2.24) is 5.32 Å². The molecule has 0 aliphatic rings. The maximum atomic E-state index is 11.4. The number of para-hydroxylation sites is 1. The van der Waals surface area contributed by atoms with Crippen LogP contribution in [0.25, 0.3) is 0 Å². The van der Waals surface area contributed by atoms with Crippen molar-refractivity contribution in [2.24, 2.45) is 0 Å². The smallest absolute Gasteiger partial charge is 0.319 e. The maximum Gasteiger partial charge on any atom is 0.319 e. The average molecular weight is 218 g/mol. The maximum absolute atomic E-state index is 11.4. The summed E-state index contributed by atoms with van der Waals surface area (Å²) in [6.45, 7) is 0.935. The fourth-order valence-corrected chi connectivity index (χ4v) is 1.15. The number of benzene rings is 1. The van der Waals surface area contributed by atoms with Crippen LogP contribution in [0.15, 0.2) is 24.3 Å². The van der Waals surface area contributed by atoms with E-state index in [0.29, 0.717) is 24.4 Å². The van der Waals surface area contributed by atoms with Gasteiger partial charge in [0.25, 0.3) is 0 Å². The van der Waals surface area contributed by atoms with Crippen molar-refractivity contribution in [3.8, 4) is 12.3 Å². The molecular weight excluding hydrogens is 204 g/mol.